The molecule has 0 aromatic heterocycles. The molecule has 12 rings (SSSR count). The summed E-state index contributed by atoms with van der Waals surface area (Å²) in [5.74, 6) is 1.13. The monoisotopic (exact) mass is 1360 g/mol. The number of benzene rings is 8. The first-order valence-electron chi connectivity index (χ1n) is 31.5. The summed E-state index contributed by atoms with van der Waals surface area (Å²) in [6, 6.07) is 50.4. The zero-order valence-electron chi connectivity index (χ0n) is 52.1. The highest BCUT2D eigenvalue weighted by atomic mass is 35.5. The highest BCUT2D eigenvalue weighted by molar-refractivity contribution is 7.84. The highest BCUT2D eigenvalue weighted by Crippen LogP contribution is 2.40. The van der Waals surface area contributed by atoms with Crippen molar-refractivity contribution < 1.29 is 32.3 Å². The molecule has 0 saturated carbocycles. The molecule has 4 aliphatic rings. The van der Waals surface area contributed by atoms with Crippen molar-refractivity contribution in [1.29, 1.82) is 10.5 Å². The van der Waals surface area contributed by atoms with Gasteiger partial charge in [0.1, 0.15) is 29.9 Å². The number of fused-ring (bicyclic) bond motifs is 6. The minimum Gasteiger partial charge on any atom is -0.491 e. The van der Waals surface area contributed by atoms with Crippen LogP contribution in [0.15, 0.2) is 155 Å². The minimum atomic E-state index is -1.01. The molecule has 2 saturated heterocycles. The third kappa shape index (κ3) is 16.7. The lowest BCUT2D eigenvalue weighted by atomic mass is 9.88. The number of hydrogen-bond donors (Lipinski definition) is 1. The maximum Gasteiger partial charge on any atom is 0.258 e. The molecule has 13 nitrogen and oxygen atoms in total. The molecule has 1 N–H and O–H groups in total. The first-order valence-corrected chi connectivity index (χ1v) is 36.2. The fourth-order valence-electron chi connectivity index (χ4n) is 13.2. The van der Waals surface area contributed by atoms with Crippen molar-refractivity contribution in [2.75, 3.05) is 84.6 Å². The summed E-state index contributed by atoms with van der Waals surface area (Å²) in [5.41, 5.74) is 5.95. The molecule has 4 atom stereocenters. The number of hydrogen-bond acceptors (Lipinski definition) is 11. The smallest absolute Gasteiger partial charge is 0.258 e. The lowest BCUT2D eigenvalue weighted by molar-refractivity contribution is -0.108. The lowest BCUT2D eigenvalue weighted by Crippen LogP contribution is -2.39. The summed E-state index contributed by atoms with van der Waals surface area (Å²) >= 11 is 25.1. The zero-order chi connectivity index (χ0) is 65.5. The number of amides is 2. The zero-order valence-corrected chi connectivity index (χ0v) is 56.8. The van der Waals surface area contributed by atoms with Crippen molar-refractivity contribution in [3.8, 4) is 23.6 Å². The Balaban J connectivity index is 0.000000173. The molecule has 93 heavy (non-hydrogen) atoms. The van der Waals surface area contributed by atoms with Gasteiger partial charge in [-0.2, -0.15) is 10.5 Å². The molecule has 0 unspecified atom stereocenters. The van der Waals surface area contributed by atoms with Crippen LogP contribution < -0.4 is 14.8 Å². The number of carbonyl (C=O) groups is 3. The van der Waals surface area contributed by atoms with Crippen molar-refractivity contribution in [2.24, 2.45) is 0 Å². The second-order valence-electron chi connectivity index (χ2n) is 23.9. The van der Waals surface area contributed by atoms with Gasteiger partial charge in [-0.15, -0.1) is 0 Å². The van der Waals surface area contributed by atoms with Gasteiger partial charge in [0.25, 0.3) is 11.8 Å². The normalized spacial score (nSPS) is 16.9. The number of nitrogens with zero attached hydrogens (tertiary/aromatic N) is 5. The van der Waals surface area contributed by atoms with Crippen molar-refractivity contribution in [2.45, 2.75) is 84.8 Å². The molecule has 0 bridgehead atoms. The van der Waals surface area contributed by atoms with Gasteiger partial charge in [0, 0.05) is 66.7 Å². The molecule has 19 heteroatoms. The summed E-state index contributed by atoms with van der Waals surface area (Å²) in [7, 11) is -1.87. The molecular formula is C74H74Cl4N6O7S2. The molecule has 0 spiro atoms. The van der Waals surface area contributed by atoms with Crippen LogP contribution in [0.25, 0.3) is 21.5 Å². The molecule has 8 aromatic carbocycles. The largest absolute Gasteiger partial charge is 0.491 e. The Morgan fingerprint density at radius 3 is 1.47 bits per heavy atom. The van der Waals surface area contributed by atoms with Crippen LogP contribution in [0.4, 0.5) is 0 Å². The lowest BCUT2D eigenvalue weighted by Gasteiger charge is -2.35. The van der Waals surface area contributed by atoms with Crippen molar-refractivity contribution in [1.82, 2.24) is 20.0 Å². The standard InChI is InChI=1S/C37H37Cl2N3O3S.C25H20Cl2N2O3.C12H17NOS/c1-46(44)34-10-5-4-8-30(34)25-13-17-41(18-14-25)19-15-28(26-11-12-32(38)33(39)22-26)24-42-16-6-20-45-36-29(23-40)21-27-7-2-3-9-31(27)35(36)37(42)43;26-21-7-6-16(13-22(21)27)18(8-10-30)15-29-9-3-11-32-24-19(14-28)12-17-4-1-2-5-20(17)23(24)25(29)31;1-15(14)12-5-3-2-4-11(12)10-6-8-13-9-7-10/h2-5,7-12,21-22,25,28H,6,13-20,24H2,1H3;1-2,4-7,10,12-13,18H,3,8-9,11,15H2;2-5,10,13H,6-9H2,1H3/t28-,46+;18-;15-/m110/s1. The molecular weight excluding hydrogens is 1290 g/mol. The topological polar surface area (TPSA) is 173 Å². The summed E-state index contributed by atoms with van der Waals surface area (Å²) in [4.78, 5) is 47.7. The SMILES string of the molecule is C[S@](=O)c1ccccc1C1CCN(CC[C@H](CN2CCCOc3c(C#N)cc4ccccc4c3C2=O)c2ccc(Cl)c(Cl)c2)CC1.C[S@](=O)c1ccccc1C1CCNCC1.N#Cc1cc2ccccc2c2c1OCCCN(C[C@@H](CC=O)c1ccc(Cl)c(Cl)c1)C2=O. The number of rotatable bonds is 15. The molecule has 482 valence electrons. The van der Waals surface area contributed by atoms with Crippen molar-refractivity contribution in [3.05, 3.63) is 210 Å². The van der Waals surface area contributed by atoms with Crippen LogP contribution in [0, 0.1) is 22.7 Å². The fourth-order valence-corrected chi connectivity index (χ4v) is 15.5. The third-order valence-electron chi connectivity index (χ3n) is 18.0. The van der Waals surface area contributed by atoms with Crippen LogP contribution in [0.3, 0.4) is 0 Å². The molecule has 2 amide bonds. The van der Waals surface area contributed by atoms with Gasteiger partial charge in [0.2, 0.25) is 0 Å². The van der Waals surface area contributed by atoms with E-state index in [0.29, 0.717) is 118 Å². The van der Waals surface area contributed by atoms with Gasteiger partial charge >= 0.3 is 0 Å². The number of ether oxygens (including phenoxy) is 2. The average Bonchev–Trinajstić information content (AvgIpc) is 0.790. The Morgan fingerprint density at radius 2 is 1.01 bits per heavy atom. The van der Waals surface area contributed by atoms with Gasteiger partial charge in [-0.05, 0) is 182 Å². The maximum absolute atomic E-state index is 14.4. The summed E-state index contributed by atoms with van der Waals surface area (Å²) in [5, 5.41) is 28.0. The number of nitrogens with one attached hydrogen (secondary N) is 1. The van der Waals surface area contributed by atoms with Gasteiger partial charge in [-0.25, -0.2) is 0 Å². The number of piperidine rings is 2. The van der Waals surface area contributed by atoms with E-state index in [-0.39, 0.29) is 30.1 Å². The van der Waals surface area contributed by atoms with Crippen LogP contribution in [-0.4, -0.2) is 126 Å². The van der Waals surface area contributed by atoms with E-state index in [1.165, 1.54) is 11.1 Å². The van der Waals surface area contributed by atoms with Gasteiger partial charge in [0.15, 0.2) is 0 Å². The average molecular weight is 1370 g/mol. The van der Waals surface area contributed by atoms with Crippen LogP contribution >= 0.6 is 46.4 Å². The third-order valence-corrected chi connectivity index (χ3v) is 21.5. The Hall–Kier alpha value is -7.15. The van der Waals surface area contributed by atoms with Crippen LogP contribution in [0.1, 0.15) is 129 Å². The van der Waals surface area contributed by atoms with E-state index in [1.54, 1.807) is 41.7 Å². The predicted molar refractivity (Wildman–Crippen MR) is 374 cm³/mol. The molecule has 4 heterocycles. The first-order chi connectivity index (χ1) is 45.1. The number of aldehydes is 1. The molecule has 0 radical (unpaired) electrons. The number of halogens is 4. The Bertz CT molecular complexity index is 4160. The van der Waals surface area contributed by atoms with E-state index in [1.807, 2.05) is 114 Å². The number of nitriles is 2. The van der Waals surface area contributed by atoms with E-state index in [4.69, 9.17) is 55.9 Å². The predicted octanol–water partition coefficient (Wildman–Crippen LogP) is 15.5. The number of likely N-dealkylation sites (tertiary alicyclic amines) is 1. The molecule has 2 fully saturated rings. The second kappa shape index (κ2) is 32.8. The quantitative estimate of drug-likeness (QED) is 0.0968. The summed E-state index contributed by atoms with van der Waals surface area (Å²) in [6.07, 6.45) is 11.1. The van der Waals surface area contributed by atoms with Gasteiger partial charge in [-0.1, -0.05) is 143 Å². The molecule has 8 aromatic rings. The highest BCUT2D eigenvalue weighted by Gasteiger charge is 2.33. The number of carbonyl (C=O) groups excluding carboxylic acids is 3. The van der Waals surface area contributed by atoms with Crippen LogP contribution in [0.2, 0.25) is 20.1 Å². The molecule has 4 aliphatic heterocycles. The van der Waals surface area contributed by atoms with Crippen molar-refractivity contribution in [3.63, 3.8) is 0 Å². The van der Waals surface area contributed by atoms with Crippen LogP contribution in [0.5, 0.6) is 11.5 Å². The Morgan fingerprint density at radius 1 is 0.570 bits per heavy atom. The van der Waals surface area contributed by atoms with Gasteiger partial charge in [0.05, 0.1) is 77.2 Å². The van der Waals surface area contributed by atoms with E-state index in [0.717, 1.165) is 114 Å². The van der Waals surface area contributed by atoms with E-state index in [2.05, 4.69) is 34.5 Å². The Kier molecular flexibility index (Phi) is 24.2. The van der Waals surface area contributed by atoms with Gasteiger partial charge in [-0.3, -0.25) is 18.0 Å². The fraction of sp³-hybridized carbons (Fsp3) is 0.338. The summed E-state index contributed by atoms with van der Waals surface area (Å²) < 4.78 is 35.9. The minimum absolute atomic E-state index is 0.0221. The maximum atomic E-state index is 14.4. The summed E-state index contributed by atoms with van der Waals surface area (Å²) in [6.45, 7) is 7.62. The molecule has 0 aliphatic carbocycles. The second-order valence-corrected chi connectivity index (χ2v) is 28.2. The Labute approximate surface area is 569 Å². The van der Waals surface area contributed by atoms with Gasteiger partial charge < -0.3 is 34.3 Å². The van der Waals surface area contributed by atoms with Crippen molar-refractivity contribution >= 4 is 108 Å². The first kappa shape index (κ1) is 68.7. The van der Waals surface area contributed by atoms with E-state index in [9.17, 15) is 33.3 Å². The van der Waals surface area contributed by atoms with Crippen LogP contribution in [-0.2, 0) is 26.4 Å². The van der Waals surface area contributed by atoms with E-state index >= 15 is 0 Å². The van der Waals surface area contributed by atoms with E-state index < -0.39 is 21.6 Å².